The second-order valence-electron chi connectivity index (χ2n) is 7.37. The minimum atomic E-state index is -0.713. The number of carbonyl (C=O) groups is 2. The van der Waals surface area contributed by atoms with Crippen molar-refractivity contribution in [3.63, 3.8) is 0 Å². The highest BCUT2D eigenvalue weighted by Gasteiger charge is 2.45. The summed E-state index contributed by atoms with van der Waals surface area (Å²) in [6.07, 6.45) is 3.25. The first-order valence-electron chi connectivity index (χ1n) is 10.4. The monoisotopic (exact) mass is 499 g/mol. The molecule has 6 nitrogen and oxygen atoms in total. The molecular weight excluding hydrogens is 474 g/mol. The fourth-order valence-electron chi connectivity index (χ4n) is 3.68. The van der Waals surface area contributed by atoms with Gasteiger partial charge in [-0.1, -0.05) is 38.1 Å². The molecule has 32 heavy (non-hydrogen) atoms. The minimum Gasteiger partial charge on any atom is -0.507 e. The Morgan fingerprint density at radius 3 is 2.69 bits per heavy atom. The minimum absolute atomic E-state index is 0.0593. The van der Waals surface area contributed by atoms with Crippen LogP contribution in [0.5, 0.6) is 11.5 Å². The van der Waals surface area contributed by atoms with E-state index < -0.39 is 17.7 Å². The summed E-state index contributed by atoms with van der Waals surface area (Å²) >= 11 is 3.41. The molecule has 1 fully saturated rings. The summed E-state index contributed by atoms with van der Waals surface area (Å²) in [5, 5.41) is 11.2. The summed E-state index contributed by atoms with van der Waals surface area (Å²) in [5.41, 5.74) is 1.16. The van der Waals surface area contributed by atoms with Gasteiger partial charge in [0.2, 0.25) is 0 Å². The maximum atomic E-state index is 13.1. The quantitative estimate of drug-likeness (QED) is 0.221. The van der Waals surface area contributed by atoms with E-state index in [2.05, 4.69) is 22.5 Å². The number of amides is 1. The van der Waals surface area contributed by atoms with E-state index in [4.69, 9.17) is 9.47 Å². The van der Waals surface area contributed by atoms with E-state index in [1.807, 2.05) is 13.0 Å². The molecule has 1 atom stereocenters. The maximum Gasteiger partial charge on any atom is 0.295 e. The molecule has 0 bridgehead atoms. The molecule has 1 heterocycles. The first-order valence-corrected chi connectivity index (χ1v) is 11.2. The molecule has 0 saturated carbocycles. The Kier molecular flexibility index (Phi) is 7.75. The molecule has 0 aliphatic carbocycles. The zero-order valence-electron chi connectivity index (χ0n) is 18.1. The summed E-state index contributed by atoms with van der Waals surface area (Å²) in [4.78, 5) is 27.5. The van der Waals surface area contributed by atoms with Crippen molar-refractivity contribution in [2.75, 3.05) is 20.3 Å². The van der Waals surface area contributed by atoms with Crippen LogP contribution in [-0.2, 0) is 9.59 Å². The van der Waals surface area contributed by atoms with Gasteiger partial charge in [0.1, 0.15) is 23.9 Å². The number of hydrogen-bond donors (Lipinski definition) is 1. The Labute approximate surface area is 196 Å². The number of halogens is 1. The van der Waals surface area contributed by atoms with Gasteiger partial charge < -0.3 is 19.5 Å². The van der Waals surface area contributed by atoms with Crippen LogP contribution in [0.2, 0.25) is 0 Å². The average molecular weight is 500 g/mol. The van der Waals surface area contributed by atoms with Crippen molar-refractivity contribution >= 4 is 33.4 Å². The molecule has 1 aliphatic rings. The first-order chi connectivity index (χ1) is 15.4. The molecule has 1 saturated heterocycles. The molecule has 7 heteroatoms. The Bertz CT molecular complexity index is 1060. The van der Waals surface area contributed by atoms with E-state index in [9.17, 15) is 14.7 Å². The highest BCUT2D eigenvalue weighted by atomic mass is 79.9. The van der Waals surface area contributed by atoms with E-state index in [-0.39, 0.29) is 11.3 Å². The van der Waals surface area contributed by atoms with Crippen LogP contribution in [-0.4, -0.2) is 42.0 Å². The highest BCUT2D eigenvalue weighted by molar-refractivity contribution is 9.10. The van der Waals surface area contributed by atoms with Crippen LogP contribution < -0.4 is 9.47 Å². The van der Waals surface area contributed by atoms with Crippen LogP contribution in [0, 0.1) is 0 Å². The lowest BCUT2D eigenvalue weighted by Gasteiger charge is -2.25. The van der Waals surface area contributed by atoms with Gasteiger partial charge in [-0.25, -0.2) is 0 Å². The summed E-state index contributed by atoms with van der Waals surface area (Å²) < 4.78 is 11.5. The predicted octanol–water partition coefficient (Wildman–Crippen LogP) is 5.24. The fourth-order valence-corrected chi connectivity index (χ4v) is 4.23. The molecule has 1 amide bonds. The third kappa shape index (κ3) is 4.72. The van der Waals surface area contributed by atoms with Crippen LogP contribution in [0.25, 0.3) is 5.76 Å². The van der Waals surface area contributed by atoms with Crippen LogP contribution in [0.4, 0.5) is 0 Å². The summed E-state index contributed by atoms with van der Waals surface area (Å²) in [7, 11) is 1.54. The lowest BCUT2D eigenvalue weighted by Crippen LogP contribution is -2.30. The summed E-state index contributed by atoms with van der Waals surface area (Å²) in [6.45, 7) is 6.41. The third-order valence-corrected chi connectivity index (χ3v) is 5.88. The van der Waals surface area contributed by atoms with Crippen molar-refractivity contribution in [1.82, 2.24) is 4.90 Å². The number of hydrogen-bond acceptors (Lipinski definition) is 5. The number of likely N-dealkylation sites (tertiary alicyclic amines) is 1. The number of Topliss-reactive ketones (excluding diaryl/α,β-unsaturated/α-hetero) is 1. The average Bonchev–Trinajstić information content (AvgIpc) is 3.05. The van der Waals surface area contributed by atoms with E-state index in [0.717, 1.165) is 12.8 Å². The van der Waals surface area contributed by atoms with Crippen molar-refractivity contribution in [3.05, 3.63) is 76.3 Å². The molecule has 1 N–H and O–H groups in total. The number of aliphatic hydroxyl groups excluding tert-OH is 1. The zero-order valence-corrected chi connectivity index (χ0v) is 19.7. The Morgan fingerprint density at radius 2 is 2.03 bits per heavy atom. The molecule has 0 spiro atoms. The largest absolute Gasteiger partial charge is 0.507 e. The van der Waals surface area contributed by atoms with E-state index in [0.29, 0.717) is 40.3 Å². The Hall–Kier alpha value is -3.06. The summed E-state index contributed by atoms with van der Waals surface area (Å²) in [5.74, 6) is -0.361. The molecule has 2 aromatic rings. The van der Waals surface area contributed by atoms with E-state index >= 15 is 0 Å². The number of ketones is 1. The van der Waals surface area contributed by atoms with Crippen LogP contribution >= 0.6 is 15.9 Å². The van der Waals surface area contributed by atoms with Gasteiger partial charge in [0.05, 0.1) is 23.2 Å². The Morgan fingerprint density at radius 1 is 1.25 bits per heavy atom. The van der Waals surface area contributed by atoms with Crippen molar-refractivity contribution < 1.29 is 24.2 Å². The predicted molar refractivity (Wildman–Crippen MR) is 127 cm³/mol. The molecule has 0 aromatic heterocycles. The van der Waals surface area contributed by atoms with Gasteiger partial charge in [0.25, 0.3) is 11.7 Å². The molecule has 3 rings (SSSR count). The molecule has 0 radical (unpaired) electrons. The van der Waals surface area contributed by atoms with Gasteiger partial charge in [0, 0.05) is 12.1 Å². The van der Waals surface area contributed by atoms with Crippen molar-refractivity contribution in [1.29, 1.82) is 0 Å². The standard InChI is InChI=1S/C25H26BrNO5/c1-4-6-12-27-22(16-8-7-9-18(14-16)32-13-5-2)21(24(29)25(27)30)23(28)17-10-11-20(31-3)19(26)15-17/h5,7-11,14-15,22,28H,2,4,6,12-13H2,1,3H3/b23-21+. The Balaban J connectivity index is 2.14. The van der Waals surface area contributed by atoms with E-state index in [1.165, 1.54) is 4.90 Å². The molecule has 2 aromatic carbocycles. The van der Waals surface area contributed by atoms with Crippen molar-refractivity contribution in [3.8, 4) is 11.5 Å². The van der Waals surface area contributed by atoms with E-state index in [1.54, 1.807) is 49.6 Å². The van der Waals surface area contributed by atoms with Gasteiger partial charge in [-0.05, 0) is 58.2 Å². The normalized spacial score (nSPS) is 17.5. The number of unbranched alkanes of at least 4 members (excludes halogenated alkanes) is 1. The van der Waals surface area contributed by atoms with Gasteiger partial charge in [-0.2, -0.15) is 0 Å². The van der Waals surface area contributed by atoms with Crippen LogP contribution in [0.3, 0.4) is 0 Å². The third-order valence-electron chi connectivity index (χ3n) is 5.26. The van der Waals surface area contributed by atoms with Gasteiger partial charge in [0.15, 0.2) is 0 Å². The topological polar surface area (TPSA) is 76.1 Å². The van der Waals surface area contributed by atoms with Gasteiger partial charge in [-0.15, -0.1) is 0 Å². The van der Waals surface area contributed by atoms with Gasteiger partial charge in [-0.3, -0.25) is 9.59 Å². The van der Waals surface area contributed by atoms with Crippen LogP contribution in [0.1, 0.15) is 36.9 Å². The number of methoxy groups -OCH3 is 1. The SMILES string of the molecule is C=CCOc1cccc(C2/C(=C(\O)c3ccc(OC)c(Br)c3)C(=O)C(=O)N2CCCC)c1. The second kappa shape index (κ2) is 10.5. The fraction of sp³-hybridized carbons (Fsp3) is 0.280. The smallest absolute Gasteiger partial charge is 0.295 e. The lowest BCUT2D eigenvalue weighted by molar-refractivity contribution is -0.139. The number of aliphatic hydroxyl groups is 1. The lowest BCUT2D eigenvalue weighted by atomic mass is 9.95. The number of nitrogens with zero attached hydrogens (tertiary/aromatic N) is 1. The number of rotatable bonds is 9. The van der Waals surface area contributed by atoms with Crippen molar-refractivity contribution in [2.24, 2.45) is 0 Å². The number of carbonyl (C=O) groups excluding carboxylic acids is 2. The molecular formula is C25H26BrNO5. The maximum absolute atomic E-state index is 13.1. The first kappa shape index (κ1) is 23.6. The van der Waals surface area contributed by atoms with Crippen molar-refractivity contribution in [2.45, 2.75) is 25.8 Å². The molecule has 168 valence electrons. The number of ether oxygens (including phenoxy) is 2. The highest BCUT2D eigenvalue weighted by Crippen LogP contribution is 2.41. The molecule has 1 unspecified atom stereocenters. The van der Waals surface area contributed by atoms with Gasteiger partial charge >= 0.3 is 0 Å². The number of benzene rings is 2. The second-order valence-corrected chi connectivity index (χ2v) is 8.22. The van der Waals surface area contributed by atoms with Crippen LogP contribution in [0.15, 0.2) is 65.2 Å². The zero-order chi connectivity index (χ0) is 23.3. The molecule has 1 aliphatic heterocycles. The summed E-state index contributed by atoms with van der Waals surface area (Å²) in [6, 6.07) is 11.5.